The van der Waals surface area contributed by atoms with Crippen molar-refractivity contribution in [2.75, 3.05) is 24.7 Å². The maximum absolute atomic E-state index is 12.1. The van der Waals surface area contributed by atoms with Crippen LogP contribution < -0.4 is 11.1 Å². The molecule has 8 heteroatoms. The van der Waals surface area contributed by atoms with Crippen molar-refractivity contribution in [3.8, 4) is 0 Å². The Bertz CT molecular complexity index is 630. The van der Waals surface area contributed by atoms with Crippen molar-refractivity contribution in [2.45, 2.75) is 38.8 Å². The van der Waals surface area contributed by atoms with E-state index in [0.29, 0.717) is 13.0 Å². The van der Waals surface area contributed by atoms with Gasteiger partial charge in [-0.05, 0) is 43.9 Å². The van der Waals surface area contributed by atoms with Gasteiger partial charge in [0.15, 0.2) is 0 Å². The lowest BCUT2D eigenvalue weighted by atomic mass is 10.1. The number of nitrogens with zero attached hydrogens (tertiary/aromatic N) is 2. The van der Waals surface area contributed by atoms with Crippen LogP contribution in [0.1, 0.15) is 31.7 Å². The molecule has 0 spiro atoms. The quantitative estimate of drug-likeness (QED) is 0.497. The smallest absolute Gasteiger partial charge is 0.407 e. The maximum Gasteiger partial charge on any atom is 0.407 e. The number of nitrogens with two attached hydrogens (primary N) is 1. The molecule has 1 unspecified atom stereocenters. The molecule has 1 aliphatic rings. The molecule has 0 bridgehead atoms. The summed E-state index contributed by atoms with van der Waals surface area (Å²) in [6.07, 6.45) is 3.46. The van der Waals surface area contributed by atoms with Crippen molar-refractivity contribution in [1.82, 2.24) is 10.2 Å². The minimum absolute atomic E-state index is 0.0306. The van der Waals surface area contributed by atoms with Crippen molar-refractivity contribution in [1.29, 1.82) is 0 Å². The number of hydrogen-bond acceptors (Lipinski definition) is 6. The highest BCUT2D eigenvalue weighted by Gasteiger charge is 2.23. The van der Waals surface area contributed by atoms with Crippen LogP contribution in [0.15, 0.2) is 29.3 Å². The Morgan fingerprint density at radius 2 is 2.15 bits per heavy atom. The van der Waals surface area contributed by atoms with Gasteiger partial charge in [0.1, 0.15) is 6.61 Å². The fourth-order valence-corrected chi connectivity index (χ4v) is 3.61. The van der Waals surface area contributed by atoms with Gasteiger partial charge in [-0.15, -0.1) is 11.8 Å². The molecule has 1 aliphatic heterocycles. The van der Waals surface area contributed by atoms with Crippen molar-refractivity contribution < 1.29 is 14.3 Å². The van der Waals surface area contributed by atoms with Crippen LogP contribution in [0.5, 0.6) is 0 Å². The first-order valence-corrected chi connectivity index (χ1v) is 10.4. The van der Waals surface area contributed by atoms with E-state index in [9.17, 15) is 9.59 Å². The van der Waals surface area contributed by atoms with Gasteiger partial charge in [-0.1, -0.05) is 12.1 Å². The van der Waals surface area contributed by atoms with Crippen LogP contribution in [-0.4, -0.2) is 53.9 Å². The van der Waals surface area contributed by atoms with E-state index in [2.05, 4.69) is 10.3 Å². The largest absolute Gasteiger partial charge is 0.445 e. The van der Waals surface area contributed by atoms with Crippen LogP contribution in [0, 0.1) is 0 Å². The molecule has 1 aromatic carbocycles. The van der Waals surface area contributed by atoms with Gasteiger partial charge in [-0.25, -0.2) is 4.79 Å². The van der Waals surface area contributed by atoms with Crippen LogP contribution in [0.4, 0.5) is 10.5 Å². The number of nitrogens with one attached hydrogen (secondary N) is 1. The molecule has 0 saturated carbocycles. The lowest BCUT2D eigenvalue weighted by Gasteiger charge is -2.19. The van der Waals surface area contributed by atoms with E-state index in [-0.39, 0.29) is 12.5 Å². The van der Waals surface area contributed by atoms with Gasteiger partial charge in [0.25, 0.3) is 0 Å². The molecule has 0 radical (unpaired) electrons. The zero-order valence-corrected chi connectivity index (χ0v) is 16.5. The first kappa shape index (κ1) is 21.2. The van der Waals surface area contributed by atoms with Gasteiger partial charge >= 0.3 is 6.09 Å². The number of benzene rings is 1. The summed E-state index contributed by atoms with van der Waals surface area (Å²) in [5.74, 6) is 1.76. The molecule has 2 amide bonds. The van der Waals surface area contributed by atoms with Gasteiger partial charge in [0.05, 0.1) is 17.6 Å². The molecule has 148 valence electrons. The summed E-state index contributed by atoms with van der Waals surface area (Å²) in [6, 6.07) is 7.07. The maximum atomic E-state index is 12.1. The van der Waals surface area contributed by atoms with Crippen LogP contribution in [0.25, 0.3) is 0 Å². The van der Waals surface area contributed by atoms with Crippen molar-refractivity contribution >= 4 is 35.7 Å². The molecule has 1 saturated heterocycles. The molecule has 1 atom stereocenters. The van der Waals surface area contributed by atoms with E-state index in [0.717, 1.165) is 42.3 Å². The third kappa shape index (κ3) is 7.60. The van der Waals surface area contributed by atoms with E-state index in [1.165, 1.54) is 0 Å². The molecule has 7 nitrogen and oxygen atoms in total. The highest BCUT2D eigenvalue weighted by Crippen LogP contribution is 2.15. The summed E-state index contributed by atoms with van der Waals surface area (Å²) in [7, 11) is 0. The molecule has 2 rings (SSSR count). The van der Waals surface area contributed by atoms with Gasteiger partial charge < -0.3 is 20.7 Å². The van der Waals surface area contributed by atoms with E-state index in [1.807, 2.05) is 36.1 Å². The number of thioether (sulfide) groups is 1. The van der Waals surface area contributed by atoms with Crippen molar-refractivity contribution in [2.24, 2.45) is 10.7 Å². The Morgan fingerprint density at radius 1 is 1.37 bits per heavy atom. The second kappa shape index (κ2) is 11.6. The summed E-state index contributed by atoms with van der Waals surface area (Å²) in [5.41, 5.74) is 7.73. The van der Waals surface area contributed by atoms with Gasteiger partial charge in [-0.3, -0.25) is 9.79 Å². The molecule has 0 aromatic heterocycles. The molecule has 0 aliphatic carbocycles. The molecule has 27 heavy (non-hydrogen) atoms. The fraction of sp³-hybridized carbons (Fsp3) is 0.526. The average Bonchev–Trinajstić information content (AvgIpc) is 3.21. The molecule has 1 heterocycles. The Labute approximate surface area is 164 Å². The highest BCUT2D eigenvalue weighted by molar-refractivity contribution is 7.99. The van der Waals surface area contributed by atoms with Crippen molar-refractivity contribution in [3.05, 3.63) is 29.8 Å². The zero-order valence-electron chi connectivity index (χ0n) is 15.7. The van der Waals surface area contributed by atoms with E-state index in [1.54, 1.807) is 18.0 Å². The number of unbranched alkanes of at least 4 members (excludes halogenated alkanes) is 1. The Kier molecular flexibility index (Phi) is 9.13. The first-order valence-electron chi connectivity index (χ1n) is 9.20. The fourth-order valence-electron chi connectivity index (χ4n) is 2.65. The summed E-state index contributed by atoms with van der Waals surface area (Å²) in [6.45, 7) is 3.37. The number of aliphatic imine (C=N–C) groups is 1. The van der Waals surface area contributed by atoms with Crippen molar-refractivity contribution in [3.63, 3.8) is 0 Å². The summed E-state index contributed by atoms with van der Waals surface area (Å²) >= 11 is 1.75. The number of alkyl carbamates (subject to hydrolysis) is 1. The Morgan fingerprint density at radius 3 is 2.81 bits per heavy atom. The average molecular weight is 393 g/mol. The minimum atomic E-state index is -0.448. The van der Waals surface area contributed by atoms with Crippen LogP contribution in [-0.2, 0) is 16.1 Å². The number of rotatable bonds is 9. The topological polar surface area (TPSA) is 97.0 Å². The SMILES string of the molecule is C/C=N\c1ccc(COC(=O)NCCCCC(N)C(=O)N2CCSC2)cc1. The standard InChI is InChI=1S/C19H28N4O3S/c1-2-21-16-8-6-15(7-9-16)13-26-19(25)22-10-4-3-5-17(20)18(24)23-11-12-27-14-23/h2,6-9,17H,3-5,10-14,20H2,1H3,(H,22,25)/b21-2-. The molecular weight excluding hydrogens is 364 g/mol. The normalized spacial score (nSPS) is 15.1. The Hall–Kier alpha value is -2.06. The van der Waals surface area contributed by atoms with Crippen LogP contribution in [0.3, 0.4) is 0 Å². The predicted octanol–water partition coefficient (Wildman–Crippen LogP) is 2.67. The summed E-state index contributed by atoms with van der Waals surface area (Å²) in [4.78, 5) is 29.8. The van der Waals surface area contributed by atoms with Crippen LogP contribution in [0.2, 0.25) is 0 Å². The molecule has 1 aromatic rings. The van der Waals surface area contributed by atoms with Gasteiger partial charge in [-0.2, -0.15) is 0 Å². The predicted molar refractivity (Wildman–Crippen MR) is 109 cm³/mol. The van der Waals surface area contributed by atoms with E-state index >= 15 is 0 Å². The highest BCUT2D eigenvalue weighted by atomic mass is 32.2. The second-order valence-electron chi connectivity index (χ2n) is 6.30. The number of carbonyl (C=O) groups is 2. The minimum Gasteiger partial charge on any atom is -0.445 e. The third-order valence-electron chi connectivity index (χ3n) is 4.18. The number of hydrogen-bond donors (Lipinski definition) is 2. The van der Waals surface area contributed by atoms with Crippen LogP contribution >= 0.6 is 11.8 Å². The Balaban J connectivity index is 1.54. The molecular formula is C19H28N4O3S. The zero-order chi connectivity index (χ0) is 19.5. The number of amides is 2. The third-order valence-corrected chi connectivity index (χ3v) is 5.14. The van der Waals surface area contributed by atoms with E-state index < -0.39 is 12.1 Å². The number of ether oxygens (including phenoxy) is 1. The second-order valence-corrected chi connectivity index (χ2v) is 7.37. The summed E-state index contributed by atoms with van der Waals surface area (Å²) < 4.78 is 5.19. The lowest BCUT2D eigenvalue weighted by molar-refractivity contribution is -0.131. The van der Waals surface area contributed by atoms with Gasteiger partial charge in [0, 0.05) is 25.1 Å². The number of carbonyl (C=O) groups excluding carboxylic acids is 2. The summed E-state index contributed by atoms with van der Waals surface area (Å²) in [5, 5.41) is 2.72. The van der Waals surface area contributed by atoms with E-state index in [4.69, 9.17) is 10.5 Å². The monoisotopic (exact) mass is 392 g/mol. The first-order chi connectivity index (χ1) is 13.1. The molecule has 1 fully saturated rings. The van der Waals surface area contributed by atoms with Gasteiger partial charge in [0.2, 0.25) is 5.91 Å². The lowest BCUT2D eigenvalue weighted by Crippen LogP contribution is -2.42. The molecule has 3 N–H and O–H groups in total.